The van der Waals surface area contributed by atoms with Crippen molar-refractivity contribution in [3.63, 3.8) is 0 Å². The largest absolute Gasteiger partial charge is 0.512 e. The molecule has 0 amide bonds. The third-order valence-electron chi connectivity index (χ3n) is 8.12. The van der Waals surface area contributed by atoms with Gasteiger partial charge in [0.2, 0.25) is 0 Å². The number of hydrogen-bond acceptors (Lipinski definition) is 4. The molecule has 5 heteroatoms. The van der Waals surface area contributed by atoms with Crippen molar-refractivity contribution in [2.75, 3.05) is 0 Å². The van der Waals surface area contributed by atoms with Crippen molar-refractivity contribution in [3.05, 3.63) is 138 Å². The van der Waals surface area contributed by atoms with E-state index in [9.17, 15) is 4.79 Å². The standard InChI is InChI=1S/C37H28NO.C5H8O2.Ir/c1-23(2)35-24(3)14-15-29-30-18-19-38-36(32(30)17-16-31(29)35)27-20-28-22-34(26-12-8-5-9-13-26)39-37(28)33(21-27)25-10-6-4-7-11-25;1-4(6)3-5(2)7;/h4-19,21-23H,1-3H3;3,6H,1-2H3;/q-1;;/b;4-3-;. The van der Waals surface area contributed by atoms with Gasteiger partial charge in [-0.1, -0.05) is 116 Å². The molecule has 0 saturated carbocycles. The quantitative estimate of drug-likeness (QED) is 0.0816. The number of aromatic nitrogens is 1. The number of fused-ring (bicyclic) bond motifs is 4. The van der Waals surface area contributed by atoms with Crippen molar-refractivity contribution in [1.82, 2.24) is 4.98 Å². The SMILES string of the molecule is CC(=O)/C=C(/C)O.Cc1ccc2c(ccc3c(-c4[c-]c5cc(-c6ccccc6)oc5c(-c5ccccc5)c4)nccc32)c1C(C)C.[Ir]. The molecule has 7 rings (SSSR count). The second-order valence-electron chi connectivity index (χ2n) is 11.9. The molecule has 0 aliphatic heterocycles. The monoisotopic (exact) mass is 795 g/mol. The smallest absolute Gasteiger partial charge is 0.155 e. The van der Waals surface area contributed by atoms with Crippen molar-refractivity contribution in [1.29, 1.82) is 0 Å². The molecule has 0 unspecified atom stereocenters. The van der Waals surface area contributed by atoms with Crippen LogP contribution < -0.4 is 0 Å². The Morgan fingerprint density at radius 3 is 2.04 bits per heavy atom. The van der Waals surface area contributed by atoms with Gasteiger partial charge in [0.25, 0.3) is 0 Å². The van der Waals surface area contributed by atoms with Gasteiger partial charge in [-0.05, 0) is 76.6 Å². The topological polar surface area (TPSA) is 63.3 Å². The van der Waals surface area contributed by atoms with Crippen molar-refractivity contribution < 1.29 is 34.4 Å². The van der Waals surface area contributed by atoms with Crippen LogP contribution >= 0.6 is 0 Å². The predicted octanol–water partition coefficient (Wildman–Crippen LogP) is 11.4. The van der Waals surface area contributed by atoms with Gasteiger partial charge in [0.1, 0.15) is 0 Å². The van der Waals surface area contributed by atoms with Crippen molar-refractivity contribution in [2.24, 2.45) is 0 Å². The number of aliphatic hydroxyl groups is 1. The van der Waals surface area contributed by atoms with Crippen LogP contribution in [0.25, 0.3) is 66.2 Å². The predicted molar refractivity (Wildman–Crippen MR) is 190 cm³/mol. The maximum atomic E-state index is 10.0. The molecule has 0 atom stereocenters. The first-order chi connectivity index (χ1) is 22.2. The van der Waals surface area contributed by atoms with E-state index in [2.05, 4.69) is 106 Å². The molecular weight excluding hydrogens is 759 g/mol. The molecule has 0 aliphatic carbocycles. The number of carbonyl (C=O) groups excluding carboxylic acids is 1. The Balaban J connectivity index is 0.000000491. The van der Waals surface area contributed by atoms with Crippen LogP contribution in [0.1, 0.15) is 44.7 Å². The Kier molecular flexibility index (Phi) is 10.2. The van der Waals surface area contributed by atoms with Gasteiger partial charge in [0, 0.05) is 43.6 Å². The molecule has 47 heavy (non-hydrogen) atoms. The van der Waals surface area contributed by atoms with Gasteiger partial charge >= 0.3 is 0 Å². The van der Waals surface area contributed by atoms with Crippen LogP contribution in [-0.2, 0) is 24.9 Å². The summed E-state index contributed by atoms with van der Waals surface area (Å²) in [6.45, 7) is 9.60. The van der Waals surface area contributed by atoms with Crippen molar-refractivity contribution >= 4 is 38.3 Å². The summed E-state index contributed by atoms with van der Waals surface area (Å²) in [6.07, 6.45) is 3.09. The number of benzene rings is 5. The molecule has 0 fully saturated rings. The second-order valence-corrected chi connectivity index (χ2v) is 11.9. The first kappa shape index (κ1) is 33.5. The third-order valence-corrected chi connectivity index (χ3v) is 8.12. The normalized spacial score (nSPS) is 11.4. The van der Waals surface area contributed by atoms with Crippen LogP contribution in [-0.4, -0.2) is 15.9 Å². The number of furan rings is 1. The molecule has 5 aromatic carbocycles. The summed E-state index contributed by atoms with van der Waals surface area (Å²) in [7, 11) is 0. The van der Waals surface area contributed by atoms with E-state index in [4.69, 9.17) is 14.5 Å². The molecule has 1 N–H and O–H groups in total. The molecule has 4 nitrogen and oxygen atoms in total. The Morgan fingerprint density at radius 1 is 0.809 bits per heavy atom. The van der Waals surface area contributed by atoms with Crippen molar-refractivity contribution in [2.45, 2.75) is 40.5 Å². The number of carbonyl (C=O) groups is 1. The van der Waals surface area contributed by atoms with E-state index >= 15 is 0 Å². The fourth-order valence-electron chi connectivity index (χ4n) is 6.26. The van der Waals surface area contributed by atoms with Gasteiger partial charge in [-0.25, -0.2) is 0 Å². The Labute approximate surface area is 289 Å². The van der Waals surface area contributed by atoms with Crippen LogP contribution in [0.4, 0.5) is 0 Å². The molecule has 0 spiro atoms. The number of aliphatic hydroxyl groups excluding tert-OH is 1. The summed E-state index contributed by atoms with van der Waals surface area (Å²) in [5.74, 6) is 1.23. The zero-order valence-electron chi connectivity index (χ0n) is 27.1. The number of hydrogen-bond donors (Lipinski definition) is 1. The van der Waals surface area contributed by atoms with E-state index in [1.807, 2.05) is 30.5 Å². The van der Waals surface area contributed by atoms with Gasteiger partial charge in [-0.15, -0.1) is 12.1 Å². The summed E-state index contributed by atoms with van der Waals surface area (Å²) < 4.78 is 6.47. The fourth-order valence-corrected chi connectivity index (χ4v) is 6.26. The third kappa shape index (κ3) is 6.97. The number of pyridine rings is 1. The number of rotatable bonds is 5. The average molecular weight is 795 g/mol. The fraction of sp³-hybridized carbons (Fsp3) is 0.143. The van der Waals surface area contributed by atoms with E-state index in [1.54, 1.807) is 0 Å². The summed E-state index contributed by atoms with van der Waals surface area (Å²) in [4.78, 5) is 14.9. The van der Waals surface area contributed by atoms with Gasteiger partial charge < -0.3 is 9.52 Å². The summed E-state index contributed by atoms with van der Waals surface area (Å²) in [5.41, 5.74) is 8.68. The van der Waals surface area contributed by atoms with Gasteiger partial charge in [0.05, 0.1) is 17.1 Å². The summed E-state index contributed by atoms with van der Waals surface area (Å²) in [6, 6.07) is 39.8. The van der Waals surface area contributed by atoms with Crippen LogP contribution in [0.15, 0.2) is 126 Å². The van der Waals surface area contributed by atoms with Crippen molar-refractivity contribution in [3.8, 4) is 33.7 Å². The average Bonchev–Trinajstić information content (AvgIpc) is 3.48. The minimum absolute atomic E-state index is 0. The van der Waals surface area contributed by atoms with Gasteiger partial charge in [0.15, 0.2) is 5.78 Å². The van der Waals surface area contributed by atoms with E-state index in [0.29, 0.717) is 5.92 Å². The zero-order chi connectivity index (χ0) is 32.4. The number of aryl methyl sites for hydroxylation is 1. The maximum absolute atomic E-state index is 10.0. The van der Waals surface area contributed by atoms with Crippen LogP contribution in [0.2, 0.25) is 0 Å². The molecule has 0 aliphatic rings. The van der Waals surface area contributed by atoms with Gasteiger partial charge in [-0.3, -0.25) is 9.78 Å². The zero-order valence-corrected chi connectivity index (χ0v) is 29.5. The molecule has 7 aromatic rings. The molecule has 0 bridgehead atoms. The Hall–Kier alpha value is -4.83. The van der Waals surface area contributed by atoms with E-state index < -0.39 is 0 Å². The van der Waals surface area contributed by atoms with E-state index in [0.717, 1.165) is 50.1 Å². The minimum Gasteiger partial charge on any atom is -0.512 e. The first-order valence-electron chi connectivity index (χ1n) is 15.5. The van der Waals surface area contributed by atoms with Crippen LogP contribution in [0.3, 0.4) is 0 Å². The number of allylic oxidation sites excluding steroid dienone is 2. The number of ketones is 1. The Bertz CT molecular complexity index is 2230. The molecule has 1 radical (unpaired) electrons. The van der Waals surface area contributed by atoms with E-state index in [1.165, 1.54) is 47.2 Å². The first-order valence-corrected chi connectivity index (χ1v) is 15.5. The minimum atomic E-state index is -0.125. The Morgan fingerprint density at radius 2 is 1.43 bits per heavy atom. The number of nitrogens with zero attached hydrogens (tertiary/aromatic N) is 1. The molecule has 2 aromatic heterocycles. The molecule has 0 saturated heterocycles. The summed E-state index contributed by atoms with van der Waals surface area (Å²) in [5, 5.41) is 14.2. The molecule has 237 valence electrons. The van der Waals surface area contributed by atoms with E-state index in [-0.39, 0.29) is 31.6 Å². The van der Waals surface area contributed by atoms with Crippen LogP contribution in [0, 0.1) is 13.0 Å². The maximum Gasteiger partial charge on any atom is 0.155 e. The van der Waals surface area contributed by atoms with Crippen LogP contribution in [0.5, 0.6) is 0 Å². The summed E-state index contributed by atoms with van der Waals surface area (Å²) >= 11 is 0. The van der Waals surface area contributed by atoms with Gasteiger partial charge in [-0.2, -0.15) is 0 Å². The molecular formula is C42H36IrNO3-. The second kappa shape index (κ2) is 14.3. The molecule has 2 heterocycles.